The molecule has 1 amide bonds. The minimum atomic E-state index is -0.320. The number of carbonyl (C=O) groups is 1. The average molecular weight is 381 g/mol. The Bertz CT molecular complexity index is 696. The van der Waals surface area contributed by atoms with Gasteiger partial charge in [0.25, 0.3) is 5.91 Å². The van der Waals surface area contributed by atoms with Crippen LogP contribution in [0, 0.1) is 0 Å². The number of nitrogens with one attached hydrogen (secondary N) is 3. The first kappa shape index (κ1) is 21.6. The van der Waals surface area contributed by atoms with Crippen LogP contribution in [-0.4, -0.2) is 37.9 Å². The van der Waals surface area contributed by atoms with Gasteiger partial charge < -0.3 is 19.5 Å². The first-order chi connectivity index (χ1) is 12.1. The minimum Gasteiger partial charge on any atom is -0.496 e. The molecule has 0 radical (unpaired) electrons. The number of thiocarbonyl (C=S) groups is 1. The van der Waals surface area contributed by atoms with Gasteiger partial charge in [-0.2, -0.15) is 0 Å². The molecule has 0 spiro atoms. The fourth-order valence-corrected chi connectivity index (χ4v) is 2.41. The molecule has 0 aliphatic rings. The van der Waals surface area contributed by atoms with Gasteiger partial charge in [-0.3, -0.25) is 15.6 Å². The van der Waals surface area contributed by atoms with Crippen molar-refractivity contribution in [3.8, 4) is 17.2 Å². The van der Waals surface area contributed by atoms with Gasteiger partial charge >= 0.3 is 0 Å². The highest BCUT2D eigenvalue weighted by Crippen LogP contribution is 2.35. The van der Waals surface area contributed by atoms with Crippen molar-refractivity contribution in [3.05, 3.63) is 23.3 Å². The van der Waals surface area contributed by atoms with E-state index in [1.165, 1.54) is 0 Å². The van der Waals surface area contributed by atoms with Crippen LogP contribution in [0.3, 0.4) is 0 Å². The molecule has 1 rings (SSSR count). The van der Waals surface area contributed by atoms with Crippen LogP contribution < -0.4 is 30.4 Å². The second-order valence-electron chi connectivity index (χ2n) is 6.56. The molecule has 0 bridgehead atoms. The van der Waals surface area contributed by atoms with E-state index in [1.54, 1.807) is 46.5 Å². The molecule has 1 aromatic rings. The zero-order valence-corrected chi connectivity index (χ0v) is 17.1. The van der Waals surface area contributed by atoms with Crippen LogP contribution in [0.2, 0.25) is 0 Å². The summed E-state index contributed by atoms with van der Waals surface area (Å²) < 4.78 is 15.9. The van der Waals surface area contributed by atoms with Gasteiger partial charge in [0.1, 0.15) is 5.75 Å². The summed E-state index contributed by atoms with van der Waals surface area (Å²) >= 11 is 5.13. The summed E-state index contributed by atoms with van der Waals surface area (Å²) in [5, 5.41) is 3.38. The summed E-state index contributed by atoms with van der Waals surface area (Å²) in [6, 6.07) is 3.45. The molecule has 0 fully saturated rings. The van der Waals surface area contributed by atoms with Gasteiger partial charge in [0, 0.05) is 22.7 Å². The average Bonchev–Trinajstić information content (AvgIpc) is 2.57. The highest BCUT2D eigenvalue weighted by molar-refractivity contribution is 7.80. The van der Waals surface area contributed by atoms with Crippen LogP contribution in [0.5, 0.6) is 17.2 Å². The quantitative estimate of drug-likeness (QED) is 0.410. The van der Waals surface area contributed by atoms with Crippen molar-refractivity contribution >= 4 is 29.3 Å². The van der Waals surface area contributed by atoms with E-state index < -0.39 is 0 Å². The highest BCUT2D eigenvalue weighted by atomic mass is 32.1. The van der Waals surface area contributed by atoms with E-state index in [4.69, 9.17) is 26.4 Å². The van der Waals surface area contributed by atoms with Crippen LogP contribution >= 0.6 is 12.2 Å². The first-order valence-electron chi connectivity index (χ1n) is 7.98. The van der Waals surface area contributed by atoms with Crippen molar-refractivity contribution in [3.63, 3.8) is 0 Å². The van der Waals surface area contributed by atoms with Crippen molar-refractivity contribution < 1.29 is 19.0 Å². The topological polar surface area (TPSA) is 80.9 Å². The zero-order valence-electron chi connectivity index (χ0n) is 16.3. The summed E-state index contributed by atoms with van der Waals surface area (Å²) in [5.74, 6) is 1.33. The van der Waals surface area contributed by atoms with E-state index in [9.17, 15) is 4.79 Å². The lowest BCUT2D eigenvalue weighted by molar-refractivity contribution is -0.117. The van der Waals surface area contributed by atoms with Gasteiger partial charge in [-0.05, 0) is 52.1 Å². The van der Waals surface area contributed by atoms with Crippen LogP contribution in [0.1, 0.15) is 33.3 Å². The molecule has 0 aromatic heterocycles. The van der Waals surface area contributed by atoms with Crippen LogP contribution in [-0.2, 0) is 4.79 Å². The van der Waals surface area contributed by atoms with Crippen LogP contribution in [0.4, 0.5) is 0 Å². The molecule has 1 aromatic carbocycles. The molecule has 26 heavy (non-hydrogen) atoms. The summed E-state index contributed by atoms with van der Waals surface area (Å²) in [6.07, 6.45) is 1.69. The Hall–Kier alpha value is -2.48. The van der Waals surface area contributed by atoms with Gasteiger partial charge in [0.05, 0.1) is 21.3 Å². The lowest BCUT2D eigenvalue weighted by atomic mass is 10.1. The van der Waals surface area contributed by atoms with E-state index in [1.807, 2.05) is 20.8 Å². The number of benzene rings is 1. The molecule has 0 saturated heterocycles. The third-order valence-corrected chi connectivity index (χ3v) is 3.45. The van der Waals surface area contributed by atoms with E-state index >= 15 is 0 Å². The number of hydrazine groups is 1. The van der Waals surface area contributed by atoms with E-state index in [0.29, 0.717) is 33.5 Å². The SMILES string of the molecule is COc1cc(OC)c(OC)cc1/C=C(\C)C(=O)NNC(=S)NC(C)(C)C. The van der Waals surface area contributed by atoms with Gasteiger partial charge in [-0.15, -0.1) is 0 Å². The number of carbonyl (C=O) groups excluding carboxylic acids is 1. The molecule has 0 aliphatic carbocycles. The van der Waals surface area contributed by atoms with Gasteiger partial charge in [0.15, 0.2) is 16.6 Å². The fraction of sp³-hybridized carbons (Fsp3) is 0.444. The Labute approximate surface area is 160 Å². The molecule has 0 heterocycles. The molecular weight excluding hydrogens is 354 g/mol. The summed E-state index contributed by atoms with van der Waals surface area (Å²) in [5.41, 5.74) is 6.18. The molecule has 0 unspecified atom stereocenters. The number of ether oxygens (including phenoxy) is 3. The maximum absolute atomic E-state index is 12.3. The third kappa shape index (κ3) is 6.44. The minimum absolute atomic E-state index is 0.202. The standard InChI is InChI=1S/C18H27N3O4S/c1-11(16(22)20-21-17(26)19-18(2,3)4)8-12-9-14(24-6)15(25-7)10-13(12)23-5/h8-10H,1-7H3,(H,20,22)(H2,19,21,26)/b11-8+. The molecule has 0 saturated carbocycles. The second kappa shape index (κ2) is 9.28. The largest absolute Gasteiger partial charge is 0.496 e. The van der Waals surface area contributed by atoms with E-state index in [0.717, 1.165) is 0 Å². The Kier molecular flexibility index (Phi) is 7.70. The van der Waals surface area contributed by atoms with Gasteiger partial charge in [-0.25, -0.2) is 0 Å². The number of methoxy groups -OCH3 is 3. The van der Waals surface area contributed by atoms with Gasteiger partial charge in [0.2, 0.25) is 0 Å². The number of rotatable bonds is 5. The Morgan fingerprint density at radius 2 is 1.54 bits per heavy atom. The predicted molar refractivity (Wildman–Crippen MR) is 107 cm³/mol. The first-order valence-corrected chi connectivity index (χ1v) is 8.39. The van der Waals surface area contributed by atoms with Crippen molar-refractivity contribution in [2.45, 2.75) is 33.2 Å². The monoisotopic (exact) mass is 381 g/mol. The fourth-order valence-electron chi connectivity index (χ4n) is 2.05. The Morgan fingerprint density at radius 1 is 1.00 bits per heavy atom. The smallest absolute Gasteiger partial charge is 0.265 e. The normalized spacial score (nSPS) is 11.4. The maximum Gasteiger partial charge on any atom is 0.265 e. The third-order valence-electron chi connectivity index (χ3n) is 3.24. The van der Waals surface area contributed by atoms with Crippen LogP contribution in [0.15, 0.2) is 17.7 Å². The summed E-state index contributed by atoms with van der Waals surface area (Å²) in [7, 11) is 4.64. The molecule has 8 heteroatoms. The molecule has 144 valence electrons. The molecule has 7 nitrogen and oxygen atoms in total. The van der Waals surface area contributed by atoms with Crippen molar-refractivity contribution in [2.75, 3.05) is 21.3 Å². The van der Waals surface area contributed by atoms with Crippen LogP contribution in [0.25, 0.3) is 6.08 Å². The molecule has 0 atom stereocenters. The number of hydrogen-bond acceptors (Lipinski definition) is 5. The lowest BCUT2D eigenvalue weighted by Crippen LogP contribution is -2.52. The Morgan fingerprint density at radius 3 is 2.04 bits per heavy atom. The highest BCUT2D eigenvalue weighted by Gasteiger charge is 2.14. The second-order valence-corrected chi connectivity index (χ2v) is 6.97. The number of amides is 1. The Balaban J connectivity index is 2.91. The summed E-state index contributed by atoms with van der Waals surface area (Å²) in [4.78, 5) is 12.3. The van der Waals surface area contributed by atoms with Crippen molar-refractivity contribution in [2.24, 2.45) is 0 Å². The summed E-state index contributed by atoms with van der Waals surface area (Å²) in [6.45, 7) is 7.60. The van der Waals surface area contributed by atoms with E-state index in [2.05, 4.69) is 16.2 Å². The maximum atomic E-state index is 12.3. The molecule has 0 aliphatic heterocycles. The lowest BCUT2D eigenvalue weighted by Gasteiger charge is -2.23. The van der Waals surface area contributed by atoms with E-state index in [-0.39, 0.29) is 11.4 Å². The molecular formula is C18H27N3O4S. The number of hydrogen-bond donors (Lipinski definition) is 3. The molecule has 3 N–H and O–H groups in total. The predicted octanol–water partition coefficient (Wildman–Crippen LogP) is 2.41. The zero-order chi connectivity index (χ0) is 19.9. The van der Waals surface area contributed by atoms with Gasteiger partial charge in [-0.1, -0.05) is 0 Å². The van der Waals surface area contributed by atoms with Crippen molar-refractivity contribution in [1.82, 2.24) is 16.2 Å². The van der Waals surface area contributed by atoms with Crippen molar-refractivity contribution in [1.29, 1.82) is 0 Å².